The topological polar surface area (TPSA) is 59.3 Å². The molecule has 1 N–H and O–H groups in total. The number of benzene rings is 1. The van der Waals surface area contributed by atoms with E-state index in [2.05, 4.69) is 0 Å². The molecule has 4 nitrogen and oxygen atoms in total. The summed E-state index contributed by atoms with van der Waals surface area (Å²) in [5, 5.41) is 9.29. The molecule has 0 fully saturated rings. The van der Waals surface area contributed by atoms with Gasteiger partial charge in [0.25, 0.3) is 5.56 Å². The van der Waals surface area contributed by atoms with Crippen LogP contribution in [0.3, 0.4) is 0 Å². The van der Waals surface area contributed by atoms with Gasteiger partial charge in [0.2, 0.25) is 0 Å². The van der Waals surface area contributed by atoms with Gasteiger partial charge in [-0.3, -0.25) is 4.79 Å². The number of carboxylic acids is 1. The molecule has 0 radical (unpaired) electrons. The highest BCUT2D eigenvalue weighted by Crippen LogP contribution is 2.17. The summed E-state index contributed by atoms with van der Waals surface area (Å²) < 4.78 is 15.2. The van der Waals surface area contributed by atoms with Crippen molar-refractivity contribution in [1.82, 2.24) is 4.57 Å². The van der Waals surface area contributed by atoms with E-state index in [9.17, 15) is 19.1 Å². The molecule has 21 heavy (non-hydrogen) atoms. The van der Waals surface area contributed by atoms with Crippen LogP contribution < -0.4 is 5.56 Å². The Labute approximate surface area is 121 Å². The molecule has 110 valence electrons. The Morgan fingerprint density at radius 1 is 1.29 bits per heavy atom. The third kappa shape index (κ3) is 2.86. The zero-order valence-corrected chi connectivity index (χ0v) is 12.1. The molecule has 0 aliphatic heterocycles. The Hall–Kier alpha value is -2.43. The van der Waals surface area contributed by atoms with Gasteiger partial charge in [-0.25, -0.2) is 9.18 Å². The minimum atomic E-state index is -1.13. The fraction of sp³-hybridized carbons (Fsp3) is 0.250. The molecule has 0 aliphatic carbocycles. The third-order valence-electron chi connectivity index (χ3n) is 3.52. The van der Waals surface area contributed by atoms with E-state index in [1.165, 1.54) is 23.7 Å². The summed E-state index contributed by atoms with van der Waals surface area (Å²) >= 11 is 0. The monoisotopic (exact) mass is 289 g/mol. The first-order chi connectivity index (χ1) is 9.81. The van der Waals surface area contributed by atoms with Gasteiger partial charge in [0.05, 0.1) is 5.56 Å². The highest BCUT2D eigenvalue weighted by Gasteiger charge is 2.17. The van der Waals surface area contributed by atoms with Gasteiger partial charge in [-0.1, -0.05) is 12.1 Å². The fourth-order valence-corrected chi connectivity index (χ4v) is 2.30. The molecule has 0 bridgehead atoms. The number of pyridine rings is 1. The summed E-state index contributed by atoms with van der Waals surface area (Å²) in [5.41, 5.74) is 1.54. The predicted octanol–water partition coefficient (Wildman–Crippen LogP) is 2.43. The second kappa shape index (κ2) is 5.52. The molecule has 0 spiro atoms. The van der Waals surface area contributed by atoms with E-state index in [0.29, 0.717) is 16.8 Å². The SMILES string of the molecule is Cc1ccc(Cc2c(C(=O)O)cc(C)c(=O)n2C)c(F)c1. The van der Waals surface area contributed by atoms with Crippen molar-refractivity contribution in [3.8, 4) is 0 Å². The molecule has 1 heterocycles. The molecule has 0 atom stereocenters. The fourth-order valence-electron chi connectivity index (χ4n) is 2.30. The third-order valence-corrected chi connectivity index (χ3v) is 3.52. The normalized spacial score (nSPS) is 10.7. The molecule has 2 aromatic rings. The molecule has 0 saturated heterocycles. The first-order valence-corrected chi connectivity index (χ1v) is 6.49. The summed E-state index contributed by atoms with van der Waals surface area (Å²) in [6.45, 7) is 3.34. The predicted molar refractivity (Wildman–Crippen MR) is 77.3 cm³/mol. The van der Waals surface area contributed by atoms with Crippen LogP contribution >= 0.6 is 0 Å². The van der Waals surface area contributed by atoms with Crippen LogP contribution in [-0.4, -0.2) is 15.6 Å². The van der Waals surface area contributed by atoms with Crippen LogP contribution in [0.5, 0.6) is 0 Å². The van der Waals surface area contributed by atoms with E-state index >= 15 is 0 Å². The lowest BCUT2D eigenvalue weighted by Gasteiger charge is -2.13. The summed E-state index contributed by atoms with van der Waals surface area (Å²) in [6, 6.07) is 6.10. The summed E-state index contributed by atoms with van der Waals surface area (Å²) in [4.78, 5) is 23.3. The average molecular weight is 289 g/mol. The van der Waals surface area contributed by atoms with Crippen LogP contribution in [0.1, 0.15) is 32.7 Å². The van der Waals surface area contributed by atoms with Crippen molar-refractivity contribution in [1.29, 1.82) is 0 Å². The zero-order valence-electron chi connectivity index (χ0n) is 12.1. The zero-order chi connectivity index (χ0) is 15.7. The maximum absolute atomic E-state index is 13.9. The second-order valence-electron chi connectivity index (χ2n) is 5.13. The van der Waals surface area contributed by atoms with Gasteiger partial charge < -0.3 is 9.67 Å². The van der Waals surface area contributed by atoms with Gasteiger partial charge in [0.15, 0.2) is 0 Å². The number of aromatic nitrogens is 1. The Bertz CT molecular complexity index is 778. The van der Waals surface area contributed by atoms with Gasteiger partial charge in [0, 0.05) is 24.7 Å². The first-order valence-electron chi connectivity index (χ1n) is 6.49. The van der Waals surface area contributed by atoms with E-state index in [1.807, 2.05) is 0 Å². The molecule has 2 rings (SSSR count). The van der Waals surface area contributed by atoms with Crippen molar-refractivity contribution in [3.63, 3.8) is 0 Å². The second-order valence-corrected chi connectivity index (χ2v) is 5.13. The van der Waals surface area contributed by atoms with Crippen LogP contribution in [-0.2, 0) is 13.5 Å². The highest BCUT2D eigenvalue weighted by atomic mass is 19.1. The molecular formula is C16H16FNO3. The average Bonchev–Trinajstić information content (AvgIpc) is 2.41. The molecular weight excluding hydrogens is 273 g/mol. The van der Waals surface area contributed by atoms with Gasteiger partial charge in [-0.05, 0) is 37.1 Å². The largest absolute Gasteiger partial charge is 0.478 e. The van der Waals surface area contributed by atoms with Crippen LogP contribution in [0.15, 0.2) is 29.1 Å². The summed E-state index contributed by atoms with van der Waals surface area (Å²) in [6.07, 6.45) is 0.0553. The lowest BCUT2D eigenvalue weighted by Crippen LogP contribution is -2.26. The van der Waals surface area contributed by atoms with Crippen LogP contribution in [0.25, 0.3) is 0 Å². The number of aromatic carboxylic acids is 1. The first kappa shape index (κ1) is 15.0. The van der Waals surface area contributed by atoms with E-state index in [0.717, 1.165) is 5.56 Å². The van der Waals surface area contributed by atoms with E-state index in [1.54, 1.807) is 26.0 Å². The van der Waals surface area contributed by atoms with Gasteiger partial charge in [0.1, 0.15) is 5.82 Å². The van der Waals surface area contributed by atoms with E-state index in [4.69, 9.17) is 0 Å². The minimum absolute atomic E-state index is 0.0228. The Morgan fingerprint density at radius 3 is 2.52 bits per heavy atom. The van der Waals surface area contributed by atoms with Crippen molar-refractivity contribution in [2.24, 2.45) is 7.05 Å². The molecule has 1 aromatic carbocycles. The standard InChI is InChI=1S/C16H16FNO3/c1-9-4-5-11(13(17)6-9)8-14-12(16(20)21)7-10(2)15(19)18(14)3/h4-7H,8H2,1-3H3,(H,20,21). The van der Waals surface area contributed by atoms with E-state index < -0.39 is 11.8 Å². The minimum Gasteiger partial charge on any atom is -0.478 e. The molecule has 0 unspecified atom stereocenters. The number of hydrogen-bond donors (Lipinski definition) is 1. The number of halogens is 1. The maximum atomic E-state index is 13.9. The van der Waals surface area contributed by atoms with Crippen molar-refractivity contribution in [2.75, 3.05) is 0 Å². The van der Waals surface area contributed by atoms with Crippen LogP contribution in [0.4, 0.5) is 4.39 Å². The lowest BCUT2D eigenvalue weighted by molar-refractivity contribution is 0.0694. The van der Waals surface area contributed by atoms with Gasteiger partial charge >= 0.3 is 5.97 Å². The van der Waals surface area contributed by atoms with Crippen LogP contribution in [0.2, 0.25) is 0 Å². The summed E-state index contributed by atoms with van der Waals surface area (Å²) in [5.74, 6) is -1.53. The van der Waals surface area contributed by atoms with Crippen molar-refractivity contribution in [3.05, 3.63) is 68.4 Å². The maximum Gasteiger partial charge on any atom is 0.337 e. The van der Waals surface area contributed by atoms with E-state index in [-0.39, 0.29) is 17.5 Å². The Morgan fingerprint density at radius 2 is 1.95 bits per heavy atom. The lowest BCUT2D eigenvalue weighted by atomic mass is 10.0. The van der Waals surface area contributed by atoms with Gasteiger partial charge in [-0.15, -0.1) is 0 Å². The molecule has 0 saturated carbocycles. The smallest absolute Gasteiger partial charge is 0.337 e. The molecule has 0 aliphatic rings. The molecule has 5 heteroatoms. The number of rotatable bonds is 3. The highest BCUT2D eigenvalue weighted by molar-refractivity contribution is 5.89. The Kier molecular flexibility index (Phi) is 3.93. The number of nitrogens with zero attached hydrogens (tertiary/aromatic N) is 1. The van der Waals surface area contributed by atoms with Crippen molar-refractivity contribution >= 4 is 5.97 Å². The van der Waals surface area contributed by atoms with Crippen LogP contribution in [0, 0.1) is 19.7 Å². The number of carboxylic acid groups (broad SMARTS) is 1. The quantitative estimate of drug-likeness (QED) is 0.944. The number of aryl methyl sites for hydroxylation is 2. The summed E-state index contributed by atoms with van der Waals surface area (Å²) in [7, 11) is 1.50. The van der Waals surface area contributed by atoms with Gasteiger partial charge in [-0.2, -0.15) is 0 Å². The Balaban J connectivity index is 2.60. The number of carbonyl (C=O) groups is 1. The van der Waals surface area contributed by atoms with Crippen molar-refractivity contribution < 1.29 is 14.3 Å². The molecule has 0 amide bonds. The molecule has 1 aromatic heterocycles. The van der Waals surface area contributed by atoms with Crippen molar-refractivity contribution in [2.45, 2.75) is 20.3 Å². The number of hydrogen-bond acceptors (Lipinski definition) is 2.